The number of hydrogen-bond acceptors (Lipinski definition) is 15. The highest BCUT2D eigenvalue weighted by atomic mass is 16.6. The minimum Gasteiger partial charge on any atom is -0.507 e. The number of rotatable bonds is 8. The maximum Gasteiger partial charge on any atom is 0.354 e. The van der Waals surface area contributed by atoms with Crippen molar-refractivity contribution in [2.75, 3.05) is 21.3 Å². The first-order valence-electron chi connectivity index (χ1n) is 14.9. The monoisotopic (exact) mass is 670 g/mol. The lowest BCUT2D eigenvalue weighted by molar-refractivity contribution is -0.177. The first kappa shape index (κ1) is 34.2. The molecule has 3 aliphatic rings. The van der Waals surface area contributed by atoms with Crippen molar-refractivity contribution in [3.63, 3.8) is 0 Å². The number of ketones is 2. The highest BCUT2D eigenvalue weighted by Gasteiger charge is 2.61. The van der Waals surface area contributed by atoms with Crippen molar-refractivity contribution in [3.05, 3.63) is 34.9 Å². The van der Waals surface area contributed by atoms with Crippen molar-refractivity contribution >= 4 is 35.4 Å². The normalized spacial score (nSPS) is 25.1. The van der Waals surface area contributed by atoms with Crippen molar-refractivity contribution in [1.82, 2.24) is 0 Å². The molecule has 2 aromatic carbocycles. The van der Waals surface area contributed by atoms with Gasteiger partial charge in [-0.05, 0) is 37.1 Å². The third-order valence-electron chi connectivity index (χ3n) is 9.02. The van der Waals surface area contributed by atoms with Gasteiger partial charge in [-0.1, -0.05) is 6.92 Å². The second kappa shape index (κ2) is 12.4. The van der Waals surface area contributed by atoms with Crippen molar-refractivity contribution < 1.29 is 72.5 Å². The molecule has 3 aliphatic heterocycles. The summed E-state index contributed by atoms with van der Waals surface area (Å²) in [5.41, 5.74) is -4.97. The van der Waals surface area contributed by atoms with Gasteiger partial charge in [-0.15, -0.1) is 0 Å². The van der Waals surface area contributed by atoms with Crippen LogP contribution in [-0.2, 0) is 38.1 Å². The van der Waals surface area contributed by atoms with Gasteiger partial charge in [-0.2, -0.15) is 0 Å². The van der Waals surface area contributed by atoms with Gasteiger partial charge in [0.2, 0.25) is 11.2 Å². The molecule has 3 N–H and O–H groups in total. The molecule has 1 fully saturated rings. The summed E-state index contributed by atoms with van der Waals surface area (Å²) in [6.45, 7) is 3.14. The molecule has 15 nitrogen and oxygen atoms in total. The van der Waals surface area contributed by atoms with E-state index in [1.807, 2.05) is 0 Å². The topological polar surface area (TPSA) is 218 Å². The van der Waals surface area contributed by atoms with E-state index in [1.165, 1.54) is 25.1 Å². The molecule has 0 aromatic heterocycles. The predicted octanol–water partition coefficient (Wildman–Crippen LogP) is 2.09. The number of ether oxygens (including phenoxy) is 6. The fourth-order valence-electron chi connectivity index (χ4n) is 6.70. The van der Waals surface area contributed by atoms with Gasteiger partial charge in [0, 0.05) is 23.5 Å². The molecule has 5 rings (SSSR count). The zero-order chi connectivity index (χ0) is 35.3. The second-order valence-corrected chi connectivity index (χ2v) is 12.0. The van der Waals surface area contributed by atoms with Crippen LogP contribution in [0, 0.1) is 12.8 Å². The molecule has 0 saturated carbocycles. The van der Waals surface area contributed by atoms with Gasteiger partial charge in [0.05, 0.1) is 40.6 Å². The van der Waals surface area contributed by atoms with Gasteiger partial charge in [0.1, 0.15) is 40.2 Å². The van der Waals surface area contributed by atoms with E-state index in [2.05, 4.69) is 4.74 Å². The zero-order valence-electron chi connectivity index (χ0n) is 26.7. The molecule has 15 heteroatoms. The highest BCUT2D eigenvalue weighted by Crippen LogP contribution is 2.53. The van der Waals surface area contributed by atoms with Crippen molar-refractivity contribution in [3.8, 4) is 34.1 Å². The number of phenolic OH excluding ortho intramolecular Hbond substituents is 2. The molecular formula is C33H34O15. The molecule has 0 spiro atoms. The Balaban J connectivity index is 1.65. The van der Waals surface area contributed by atoms with E-state index in [1.54, 1.807) is 6.92 Å². The molecule has 48 heavy (non-hydrogen) atoms. The third kappa shape index (κ3) is 5.27. The van der Waals surface area contributed by atoms with Crippen LogP contribution in [0.4, 0.5) is 0 Å². The van der Waals surface area contributed by atoms with Gasteiger partial charge in [0.25, 0.3) is 0 Å². The number of esters is 4. The summed E-state index contributed by atoms with van der Waals surface area (Å²) in [6.07, 6.45) is -5.06. The van der Waals surface area contributed by atoms with Crippen LogP contribution >= 0.6 is 0 Å². The molecule has 256 valence electrons. The largest absolute Gasteiger partial charge is 0.507 e. The summed E-state index contributed by atoms with van der Waals surface area (Å²) < 4.78 is 32.1. The number of aliphatic hydroxyl groups is 1. The predicted molar refractivity (Wildman–Crippen MR) is 160 cm³/mol. The van der Waals surface area contributed by atoms with E-state index in [4.69, 9.17) is 23.7 Å². The molecule has 0 radical (unpaired) electrons. The van der Waals surface area contributed by atoms with Gasteiger partial charge >= 0.3 is 23.9 Å². The summed E-state index contributed by atoms with van der Waals surface area (Å²) in [4.78, 5) is 77.6. The van der Waals surface area contributed by atoms with E-state index in [9.17, 15) is 44.1 Å². The van der Waals surface area contributed by atoms with Crippen LogP contribution in [0.1, 0.15) is 65.3 Å². The lowest BCUT2D eigenvalue weighted by Gasteiger charge is -2.41. The lowest BCUT2D eigenvalue weighted by atomic mass is 9.79. The van der Waals surface area contributed by atoms with Gasteiger partial charge in [-0.25, -0.2) is 9.59 Å². The number of benzene rings is 2. The molecule has 5 atom stereocenters. The van der Waals surface area contributed by atoms with Crippen molar-refractivity contribution in [2.45, 2.75) is 69.4 Å². The quantitative estimate of drug-likeness (QED) is 0.271. The number of hydrogen-bond donors (Lipinski definition) is 3. The number of Topliss-reactive ketones (excluding diaryl/α,β-unsaturated/α-hetero) is 2. The van der Waals surface area contributed by atoms with Crippen LogP contribution in [0.3, 0.4) is 0 Å². The van der Waals surface area contributed by atoms with Gasteiger partial charge in [-0.3, -0.25) is 19.2 Å². The minimum absolute atomic E-state index is 0.0189. The number of methoxy groups -OCH3 is 3. The summed E-state index contributed by atoms with van der Waals surface area (Å²) in [5.74, 6) is -7.32. The first-order valence-corrected chi connectivity index (χ1v) is 14.9. The summed E-state index contributed by atoms with van der Waals surface area (Å²) in [5, 5.41) is 33.4. The first-order chi connectivity index (χ1) is 22.6. The highest BCUT2D eigenvalue weighted by molar-refractivity contribution is 6.11. The molecule has 0 amide bonds. The summed E-state index contributed by atoms with van der Waals surface area (Å²) in [7, 11) is 3.25. The Morgan fingerprint density at radius 3 is 2.21 bits per heavy atom. The summed E-state index contributed by atoms with van der Waals surface area (Å²) in [6, 6.07) is 3.79. The van der Waals surface area contributed by atoms with E-state index < -0.39 is 89.1 Å². The minimum atomic E-state index is -2.27. The zero-order valence-corrected chi connectivity index (χ0v) is 26.7. The SMILES string of the molecule is COC(=O)CC[C@H](O)[C@@]1(C(=O)OC)CC(=O)c2c(cc(C)c(-c3ccc(O)c4c3O[C@@](C(=O)OC)([C@H]3OC(=O)C[C@@H]3C)CC4=O)c2O)O1. The van der Waals surface area contributed by atoms with Crippen molar-refractivity contribution in [1.29, 1.82) is 0 Å². The third-order valence-corrected chi connectivity index (χ3v) is 9.02. The smallest absolute Gasteiger partial charge is 0.354 e. The number of phenols is 2. The van der Waals surface area contributed by atoms with E-state index in [0.29, 0.717) is 0 Å². The van der Waals surface area contributed by atoms with Crippen LogP contribution in [0.25, 0.3) is 11.1 Å². The Morgan fingerprint density at radius 1 is 0.938 bits per heavy atom. The Labute approximate surface area is 273 Å². The van der Waals surface area contributed by atoms with Crippen LogP contribution in [-0.4, -0.2) is 95.5 Å². The fourth-order valence-corrected chi connectivity index (χ4v) is 6.70. The number of cyclic esters (lactones) is 1. The fraction of sp³-hybridized carbons (Fsp3) is 0.455. The number of fused-ring (bicyclic) bond motifs is 2. The molecule has 3 heterocycles. The number of aliphatic hydroxyl groups excluding tert-OH is 1. The van der Waals surface area contributed by atoms with Crippen LogP contribution in [0.5, 0.6) is 23.0 Å². The average molecular weight is 671 g/mol. The number of aromatic hydroxyl groups is 2. The van der Waals surface area contributed by atoms with Crippen LogP contribution in [0.15, 0.2) is 18.2 Å². The molecule has 0 unspecified atom stereocenters. The van der Waals surface area contributed by atoms with Crippen LogP contribution < -0.4 is 9.47 Å². The maximum atomic E-state index is 13.7. The average Bonchev–Trinajstić information content (AvgIpc) is 3.40. The number of carbonyl (C=O) groups is 6. The lowest BCUT2D eigenvalue weighted by Crippen LogP contribution is -2.59. The Hall–Kier alpha value is -5.18. The van der Waals surface area contributed by atoms with E-state index in [0.717, 1.165) is 21.3 Å². The Bertz CT molecular complexity index is 1740. The maximum absolute atomic E-state index is 13.7. The summed E-state index contributed by atoms with van der Waals surface area (Å²) >= 11 is 0. The van der Waals surface area contributed by atoms with Gasteiger partial charge < -0.3 is 43.7 Å². The number of carbonyl (C=O) groups excluding carboxylic acids is 6. The number of aryl methyl sites for hydroxylation is 1. The van der Waals surface area contributed by atoms with Crippen LogP contribution in [0.2, 0.25) is 0 Å². The van der Waals surface area contributed by atoms with Gasteiger partial charge in [0.15, 0.2) is 17.7 Å². The molecule has 1 saturated heterocycles. The van der Waals surface area contributed by atoms with E-state index >= 15 is 0 Å². The molecular weight excluding hydrogens is 636 g/mol. The van der Waals surface area contributed by atoms with E-state index in [-0.39, 0.29) is 58.6 Å². The molecule has 0 bridgehead atoms. The molecule has 0 aliphatic carbocycles. The second-order valence-electron chi connectivity index (χ2n) is 12.0. The standard InChI is InChI=1S/C33H34O15/c1-14-10-20-26(19(36)12-32(47-20,30(41)44-4)21(37)8-9-22(38)43-3)27(40)24(14)16-6-7-17(34)25-18(35)13-33(31(42)45-5,48-28(16)25)29-15(2)11-23(39)46-29/h6-7,10,15,21,29,34,37,40H,8-9,11-13H2,1-5H3/t15-,21-,29-,32+,33+/m0/s1. The van der Waals surface area contributed by atoms with Crippen molar-refractivity contribution in [2.24, 2.45) is 5.92 Å². The Kier molecular flexibility index (Phi) is 8.86. The molecule has 2 aromatic rings. The Morgan fingerprint density at radius 2 is 1.60 bits per heavy atom.